The predicted molar refractivity (Wildman–Crippen MR) is 69.2 cm³/mol. The maximum atomic E-state index is 13.3. The lowest BCUT2D eigenvalue weighted by Crippen LogP contribution is -2.19. The van der Waals surface area contributed by atoms with Crippen LogP contribution in [0.2, 0.25) is 0 Å². The zero-order chi connectivity index (χ0) is 13.2. The van der Waals surface area contributed by atoms with E-state index in [1.165, 1.54) is 19.3 Å². The van der Waals surface area contributed by atoms with Crippen LogP contribution in [0, 0.1) is 0 Å². The van der Waals surface area contributed by atoms with Gasteiger partial charge >= 0.3 is 0 Å². The van der Waals surface area contributed by atoms with Gasteiger partial charge in [0.05, 0.1) is 12.2 Å². The van der Waals surface area contributed by atoms with E-state index in [0.717, 1.165) is 25.7 Å². The van der Waals surface area contributed by atoms with Crippen molar-refractivity contribution in [3.05, 3.63) is 17.5 Å². The fourth-order valence-corrected chi connectivity index (χ4v) is 2.94. The zero-order valence-corrected chi connectivity index (χ0v) is 11.1. The number of hydrogen-bond donors (Lipinski definition) is 1. The van der Waals surface area contributed by atoms with Crippen LogP contribution in [0.4, 0.5) is 8.78 Å². The first-order chi connectivity index (χ1) is 9.25. The molecule has 0 spiro atoms. The van der Waals surface area contributed by atoms with Crippen molar-refractivity contribution in [2.75, 3.05) is 0 Å². The molecule has 0 atom stereocenters. The van der Waals surface area contributed by atoms with E-state index in [9.17, 15) is 8.78 Å². The van der Waals surface area contributed by atoms with Crippen LogP contribution < -0.4 is 5.32 Å². The van der Waals surface area contributed by atoms with Crippen molar-refractivity contribution >= 4 is 0 Å². The molecule has 0 aromatic carbocycles. The molecule has 3 nitrogen and oxygen atoms in total. The van der Waals surface area contributed by atoms with Gasteiger partial charge in [0.1, 0.15) is 5.69 Å². The number of alkyl halides is 2. The van der Waals surface area contributed by atoms with Crippen LogP contribution in [-0.2, 0) is 6.54 Å². The lowest BCUT2D eigenvalue weighted by molar-refractivity contribution is 0.131. The summed E-state index contributed by atoms with van der Waals surface area (Å²) < 4.78 is 28.3. The van der Waals surface area contributed by atoms with Gasteiger partial charge in [0.15, 0.2) is 0 Å². The molecule has 106 valence electrons. The molecule has 2 aliphatic rings. The van der Waals surface area contributed by atoms with E-state index in [2.05, 4.69) is 10.4 Å². The van der Waals surface area contributed by atoms with Crippen LogP contribution in [0.5, 0.6) is 0 Å². The van der Waals surface area contributed by atoms with Crippen molar-refractivity contribution in [2.45, 2.75) is 70.0 Å². The summed E-state index contributed by atoms with van der Waals surface area (Å²) in [5.74, 6) is 0. The molecule has 1 aromatic rings. The van der Waals surface area contributed by atoms with Gasteiger partial charge < -0.3 is 5.32 Å². The van der Waals surface area contributed by atoms with Crippen molar-refractivity contribution in [1.82, 2.24) is 15.1 Å². The van der Waals surface area contributed by atoms with Crippen molar-refractivity contribution in [1.29, 1.82) is 0 Å². The van der Waals surface area contributed by atoms with Gasteiger partial charge in [0.2, 0.25) is 0 Å². The van der Waals surface area contributed by atoms with Crippen LogP contribution in [0.1, 0.15) is 68.7 Å². The highest BCUT2D eigenvalue weighted by molar-refractivity contribution is 5.20. The summed E-state index contributed by atoms with van der Waals surface area (Å²) >= 11 is 0. The fourth-order valence-electron chi connectivity index (χ4n) is 2.94. The molecule has 5 heteroatoms. The molecule has 0 radical (unpaired) electrons. The topological polar surface area (TPSA) is 29.9 Å². The van der Waals surface area contributed by atoms with Crippen LogP contribution >= 0.6 is 0 Å². The molecular formula is C14H21F2N3. The number of nitrogens with zero attached hydrogens (tertiary/aromatic N) is 2. The minimum atomic E-state index is -2.43. The summed E-state index contributed by atoms with van der Waals surface area (Å²) in [6.07, 6.45) is 6.98. The molecule has 0 saturated heterocycles. The van der Waals surface area contributed by atoms with E-state index in [4.69, 9.17) is 0 Å². The molecule has 0 aliphatic heterocycles. The van der Waals surface area contributed by atoms with E-state index in [1.807, 2.05) is 0 Å². The molecule has 2 saturated carbocycles. The van der Waals surface area contributed by atoms with E-state index >= 15 is 0 Å². The largest absolute Gasteiger partial charge is 0.310 e. The number of rotatable bonds is 5. The van der Waals surface area contributed by atoms with E-state index in [1.54, 1.807) is 10.9 Å². The van der Waals surface area contributed by atoms with Crippen LogP contribution in [-0.4, -0.2) is 15.8 Å². The van der Waals surface area contributed by atoms with Gasteiger partial charge in [-0.1, -0.05) is 19.3 Å². The molecule has 1 N–H and O–H groups in total. The second-order valence-corrected chi connectivity index (χ2v) is 5.75. The summed E-state index contributed by atoms with van der Waals surface area (Å²) in [5.41, 5.74) is 0.813. The van der Waals surface area contributed by atoms with E-state index in [0.29, 0.717) is 18.2 Å². The summed E-state index contributed by atoms with van der Waals surface area (Å²) in [4.78, 5) is 0. The highest BCUT2D eigenvalue weighted by atomic mass is 19.3. The Hall–Kier alpha value is -0.970. The highest BCUT2D eigenvalue weighted by Crippen LogP contribution is 2.33. The molecule has 3 rings (SSSR count). The molecule has 2 fully saturated rings. The van der Waals surface area contributed by atoms with Crippen LogP contribution in [0.25, 0.3) is 0 Å². The number of aromatic nitrogens is 2. The Morgan fingerprint density at radius 1 is 1.21 bits per heavy atom. The Bertz CT molecular complexity index is 420. The third-order valence-electron chi connectivity index (χ3n) is 4.20. The zero-order valence-electron chi connectivity index (χ0n) is 11.1. The summed E-state index contributed by atoms with van der Waals surface area (Å²) in [5, 5.41) is 7.55. The van der Waals surface area contributed by atoms with Gasteiger partial charge in [-0.2, -0.15) is 5.10 Å². The Balaban J connectivity index is 1.77. The third kappa shape index (κ3) is 2.96. The Morgan fingerprint density at radius 2 is 1.95 bits per heavy atom. The third-order valence-corrected chi connectivity index (χ3v) is 4.20. The quantitative estimate of drug-likeness (QED) is 0.885. The second kappa shape index (κ2) is 5.57. The first kappa shape index (κ1) is 13.0. The van der Waals surface area contributed by atoms with Crippen molar-refractivity contribution in [2.24, 2.45) is 0 Å². The van der Waals surface area contributed by atoms with E-state index in [-0.39, 0.29) is 11.7 Å². The summed E-state index contributed by atoms with van der Waals surface area (Å²) in [6.45, 7) is 0.525. The van der Waals surface area contributed by atoms with Crippen molar-refractivity contribution in [3.63, 3.8) is 0 Å². The SMILES string of the molecule is FC(F)c1c(CNC2CC2)cnn1C1CCCCC1. The molecule has 19 heavy (non-hydrogen) atoms. The monoisotopic (exact) mass is 269 g/mol. The van der Waals surface area contributed by atoms with E-state index < -0.39 is 6.43 Å². The molecule has 1 heterocycles. The molecule has 0 bridgehead atoms. The van der Waals surface area contributed by atoms with Crippen molar-refractivity contribution in [3.8, 4) is 0 Å². The summed E-state index contributed by atoms with van der Waals surface area (Å²) in [6, 6.07) is 0.705. The first-order valence-corrected chi connectivity index (χ1v) is 7.33. The predicted octanol–water partition coefficient (Wildman–Crippen LogP) is 3.58. The Morgan fingerprint density at radius 3 is 2.58 bits per heavy atom. The van der Waals surface area contributed by atoms with Gasteiger partial charge in [-0.25, -0.2) is 8.78 Å². The van der Waals surface area contributed by atoms with Crippen LogP contribution in [0.15, 0.2) is 6.20 Å². The Kier molecular flexibility index (Phi) is 3.82. The Labute approximate surface area is 112 Å². The highest BCUT2D eigenvalue weighted by Gasteiger charge is 2.27. The maximum Gasteiger partial charge on any atom is 0.280 e. The standard InChI is InChI=1S/C14H21F2N3/c15-14(16)13-10(8-17-11-6-7-11)9-18-19(13)12-4-2-1-3-5-12/h9,11-12,14,17H,1-8H2. The van der Waals surface area contributed by atoms with Gasteiger partial charge in [0.25, 0.3) is 6.43 Å². The molecule has 1 aromatic heterocycles. The molecule has 2 aliphatic carbocycles. The normalized spacial score (nSPS) is 21.2. The maximum absolute atomic E-state index is 13.3. The number of hydrogen-bond acceptors (Lipinski definition) is 2. The first-order valence-electron chi connectivity index (χ1n) is 7.33. The molecule has 0 unspecified atom stereocenters. The summed E-state index contributed by atoms with van der Waals surface area (Å²) in [7, 11) is 0. The minimum absolute atomic E-state index is 0.139. The molecule has 0 amide bonds. The van der Waals surface area contributed by atoms with Gasteiger partial charge in [-0.3, -0.25) is 4.68 Å². The lowest BCUT2D eigenvalue weighted by Gasteiger charge is -2.24. The second-order valence-electron chi connectivity index (χ2n) is 5.75. The lowest BCUT2D eigenvalue weighted by atomic mass is 9.95. The minimum Gasteiger partial charge on any atom is -0.310 e. The smallest absolute Gasteiger partial charge is 0.280 e. The number of nitrogens with one attached hydrogen (secondary N) is 1. The average Bonchev–Trinajstić information content (AvgIpc) is 3.15. The van der Waals surface area contributed by atoms with Crippen molar-refractivity contribution < 1.29 is 8.78 Å². The fraction of sp³-hybridized carbons (Fsp3) is 0.786. The van der Waals surface area contributed by atoms with Gasteiger partial charge in [0, 0.05) is 18.2 Å². The van der Waals surface area contributed by atoms with Gasteiger partial charge in [-0.05, 0) is 25.7 Å². The average molecular weight is 269 g/mol. The van der Waals surface area contributed by atoms with Gasteiger partial charge in [-0.15, -0.1) is 0 Å². The molecular weight excluding hydrogens is 248 g/mol. The number of halogens is 2. The van der Waals surface area contributed by atoms with Crippen LogP contribution in [0.3, 0.4) is 0 Å².